The highest BCUT2D eigenvalue weighted by Gasteiger charge is 2.05. The Morgan fingerprint density at radius 1 is 0.667 bits per heavy atom. The third kappa shape index (κ3) is 3.03. The Morgan fingerprint density at radius 3 is 2.00 bits per heavy atom. The summed E-state index contributed by atoms with van der Waals surface area (Å²) in [6.07, 6.45) is 1.94. The van der Waals surface area contributed by atoms with Gasteiger partial charge in [0.1, 0.15) is 5.69 Å². The predicted molar refractivity (Wildman–Crippen MR) is 96.5 cm³/mol. The van der Waals surface area contributed by atoms with Gasteiger partial charge in [-0.2, -0.15) is 0 Å². The molecular weight excluding hydrogens is 296 g/mol. The quantitative estimate of drug-likeness (QED) is 0.595. The minimum Gasteiger partial charge on any atom is -0.356 e. The van der Waals surface area contributed by atoms with Crippen LogP contribution in [0.2, 0.25) is 0 Å². The van der Waals surface area contributed by atoms with Gasteiger partial charge in [-0.1, -0.05) is 53.7 Å². The van der Waals surface area contributed by atoms with Gasteiger partial charge in [-0.15, -0.1) is 5.10 Å². The van der Waals surface area contributed by atoms with E-state index in [1.54, 1.807) is 4.68 Å². The molecule has 24 heavy (non-hydrogen) atoms. The maximum atomic E-state index is 4.25. The average Bonchev–Trinajstić information content (AvgIpc) is 3.14. The van der Waals surface area contributed by atoms with Crippen LogP contribution in [-0.2, 0) is 0 Å². The normalized spacial score (nSPS) is 10.5. The molecule has 4 rings (SSSR count). The van der Waals surface area contributed by atoms with Gasteiger partial charge in [-0.3, -0.25) is 0 Å². The first-order valence-corrected chi connectivity index (χ1v) is 7.79. The van der Waals surface area contributed by atoms with Crippen molar-refractivity contribution in [3.8, 4) is 16.9 Å². The van der Waals surface area contributed by atoms with E-state index in [0.717, 1.165) is 28.3 Å². The van der Waals surface area contributed by atoms with Crippen LogP contribution in [0.4, 0.5) is 11.4 Å². The summed E-state index contributed by atoms with van der Waals surface area (Å²) < 4.78 is 1.79. The average molecular weight is 312 g/mol. The fourth-order valence-electron chi connectivity index (χ4n) is 2.52. The van der Waals surface area contributed by atoms with Crippen molar-refractivity contribution in [1.29, 1.82) is 0 Å². The van der Waals surface area contributed by atoms with E-state index in [4.69, 9.17) is 0 Å². The van der Waals surface area contributed by atoms with E-state index in [-0.39, 0.29) is 0 Å². The molecule has 0 amide bonds. The van der Waals surface area contributed by atoms with Crippen LogP contribution in [-0.4, -0.2) is 15.0 Å². The Balaban J connectivity index is 1.54. The van der Waals surface area contributed by atoms with Crippen LogP contribution in [0.5, 0.6) is 0 Å². The van der Waals surface area contributed by atoms with Gasteiger partial charge in [0.05, 0.1) is 11.9 Å². The highest BCUT2D eigenvalue weighted by atomic mass is 15.4. The third-order valence-corrected chi connectivity index (χ3v) is 3.76. The summed E-state index contributed by atoms with van der Waals surface area (Å²) in [5, 5.41) is 11.8. The van der Waals surface area contributed by atoms with Crippen molar-refractivity contribution >= 4 is 11.4 Å². The zero-order chi connectivity index (χ0) is 16.2. The van der Waals surface area contributed by atoms with Gasteiger partial charge < -0.3 is 5.32 Å². The lowest BCUT2D eigenvalue weighted by molar-refractivity contribution is 0.804. The first kappa shape index (κ1) is 14.2. The van der Waals surface area contributed by atoms with Gasteiger partial charge in [-0.05, 0) is 36.4 Å². The van der Waals surface area contributed by atoms with Crippen LogP contribution in [0.25, 0.3) is 16.9 Å². The molecule has 0 aliphatic heterocycles. The molecule has 0 aliphatic carbocycles. The zero-order valence-electron chi connectivity index (χ0n) is 13.0. The fourth-order valence-corrected chi connectivity index (χ4v) is 2.52. The van der Waals surface area contributed by atoms with Crippen molar-refractivity contribution in [2.45, 2.75) is 0 Å². The van der Waals surface area contributed by atoms with Crippen LogP contribution in [0.3, 0.4) is 0 Å². The Kier molecular flexibility index (Phi) is 3.78. The minimum atomic E-state index is 0.863. The lowest BCUT2D eigenvalue weighted by atomic mass is 10.2. The van der Waals surface area contributed by atoms with E-state index >= 15 is 0 Å². The SMILES string of the molecule is c1ccc(Nc2ccc(-n3cc(-c4ccccc4)nn3)cc2)cc1. The molecule has 0 atom stereocenters. The molecule has 0 fully saturated rings. The molecule has 116 valence electrons. The summed E-state index contributed by atoms with van der Waals surface area (Å²) in [7, 11) is 0. The van der Waals surface area contributed by atoms with Crippen LogP contribution in [0.15, 0.2) is 91.1 Å². The minimum absolute atomic E-state index is 0.863. The maximum Gasteiger partial charge on any atom is 0.113 e. The Bertz CT molecular complexity index is 913. The molecule has 0 unspecified atom stereocenters. The number of anilines is 2. The molecule has 0 spiro atoms. The van der Waals surface area contributed by atoms with Gasteiger partial charge in [-0.25, -0.2) is 4.68 Å². The molecular formula is C20H16N4. The first-order chi connectivity index (χ1) is 11.9. The van der Waals surface area contributed by atoms with Crippen molar-refractivity contribution in [3.63, 3.8) is 0 Å². The molecule has 4 heteroatoms. The number of para-hydroxylation sites is 1. The third-order valence-electron chi connectivity index (χ3n) is 3.76. The number of hydrogen-bond acceptors (Lipinski definition) is 3. The summed E-state index contributed by atoms with van der Waals surface area (Å²) >= 11 is 0. The molecule has 0 bridgehead atoms. The first-order valence-electron chi connectivity index (χ1n) is 7.79. The summed E-state index contributed by atoms with van der Waals surface area (Å²) in [5.41, 5.74) is 5.00. The van der Waals surface area contributed by atoms with Gasteiger partial charge in [0.15, 0.2) is 0 Å². The number of hydrogen-bond donors (Lipinski definition) is 1. The molecule has 3 aromatic carbocycles. The molecule has 0 saturated heterocycles. The summed E-state index contributed by atoms with van der Waals surface area (Å²) in [5.74, 6) is 0. The molecule has 4 nitrogen and oxygen atoms in total. The van der Waals surface area contributed by atoms with E-state index < -0.39 is 0 Å². The van der Waals surface area contributed by atoms with Gasteiger partial charge in [0, 0.05) is 16.9 Å². The second-order valence-electron chi connectivity index (χ2n) is 5.45. The van der Waals surface area contributed by atoms with Gasteiger partial charge in [0.25, 0.3) is 0 Å². The largest absolute Gasteiger partial charge is 0.356 e. The highest BCUT2D eigenvalue weighted by Crippen LogP contribution is 2.20. The second kappa shape index (κ2) is 6.38. The van der Waals surface area contributed by atoms with Crippen molar-refractivity contribution < 1.29 is 0 Å². The molecule has 1 N–H and O–H groups in total. The predicted octanol–water partition coefficient (Wildman–Crippen LogP) is 4.68. The van der Waals surface area contributed by atoms with Crippen LogP contribution >= 0.6 is 0 Å². The Hall–Kier alpha value is -3.40. The number of nitrogens with one attached hydrogen (secondary N) is 1. The number of benzene rings is 3. The molecule has 0 saturated carbocycles. The van der Waals surface area contributed by atoms with Crippen LogP contribution in [0, 0.1) is 0 Å². The Morgan fingerprint density at radius 2 is 1.29 bits per heavy atom. The van der Waals surface area contributed by atoms with E-state index in [2.05, 4.69) is 15.6 Å². The Labute approximate surface area is 140 Å². The lowest BCUT2D eigenvalue weighted by Gasteiger charge is -2.07. The van der Waals surface area contributed by atoms with Crippen molar-refractivity contribution in [2.24, 2.45) is 0 Å². The number of nitrogens with zero attached hydrogens (tertiary/aromatic N) is 3. The van der Waals surface area contributed by atoms with E-state index in [9.17, 15) is 0 Å². The van der Waals surface area contributed by atoms with Crippen LogP contribution < -0.4 is 5.32 Å². The zero-order valence-corrected chi connectivity index (χ0v) is 13.0. The fraction of sp³-hybridized carbons (Fsp3) is 0. The van der Waals surface area contributed by atoms with Crippen molar-refractivity contribution in [3.05, 3.63) is 91.1 Å². The summed E-state index contributed by atoms with van der Waals surface area (Å²) in [4.78, 5) is 0. The second-order valence-corrected chi connectivity index (χ2v) is 5.45. The molecule has 1 aromatic heterocycles. The summed E-state index contributed by atoms with van der Waals surface area (Å²) in [6, 6.07) is 28.3. The molecule has 0 aliphatic rings. The maximum absolute atomic E-state index is 4.25. The standard InChI is InChI=1S/C20H16N4/c1-3-7-16(8-4-1)20-15-24(23-22-20)19-13-11-18(12-14-19)21-17-9-5-2-6-10-17/h1-15,21H. The summed E-state index contributed by atoms with van der Waals surface area (Å²) in [6.45, 7) is 0. The smallest absolute Gasteiger partial charge is 0.113 e. The molecule has 0 radical (unpaired) electrons. The lowest BCUT2D eigenvalue weighted by Crippen LogP contribution is -1.95. The molecule has 4 aromatic rings. The van der Waals surface area contributed by atoms with E-state index in [1.807, 2.05) is 91.1 Å². The van der Waals surface area contributed by atoms with Crippen molar-refractivity contribution in [2.75, 3.05) is 5.32 Å². The number of aromatic nitrogens is 3. The van der Waals surface area contributed by atoms with Crippen molar-refractivity contribution in [1.82, 2.24) is 15.0 Å². The van der Waals surface area contributed by atoms with E-state index in [1.165, 1.54) is 0 Å². The number of rotatable bonds is 4. The molecule has 1 heterocycles. The van der Waals surface area contributed by atoms with E-state index in [0.29, 0.717) is 0 Å². The highest BCUT2D eigenvalue weighted by molar-refractivity contribution is 5.61. The monoisotopic (exact) mass is 312 g/mol. The van der Waals surface area contributed by atoms with Gasteiger partial charge >= 0.3 is 0 Å². The van der Waals surface area contributed by atoms with Gasteiger partial charge in [0.2, 0.25) is 0 Å². The van der Waals surface area contributed by atoms with Crippen LogP contribution in [0.1, 0.15) is 0 Å². The topological polar surface area (TPSA) is 42.7 Å².